The minimum atomic E-state index is -0.839. The minimum absolute atomic E-state index is 0.190. The van der Waals surface area contributed by atoms with Crippen LogP contribution >= 0.6 is 0 Å². The number of aliphatic imine (C=N–C) groups is 1. The molecule has 0 atom stereocenters. The molecule has 2 aliphatic heterocycles. The van der Waals surface area contributed by atoms with Crippen molar-refractivity contribution in [3.8, 4) is 0 Å². The molecule has 0 fully saturated rings. The van der Waals surface area contributed by atoms with Gasteiger partial charge in [0.25, 0.3) is 5.91 Å². The van der Waals surface area contributed by atoms with Crippen LogP contribution in [0.15, 0.2) is 65.7 Å². The quantitative estimate of drug-likeness (QED) is 0.791. The summed E-state index contributed by atoms with van der Waals surface area (Å²) < 4.78 is 5.86. The number of carbonyl (C=O) groups excluding carboxylic acids is 1. The second-order valence-corrected chi connectivity index (χ2v) is 4.88. The fraction of sp³-hybridized carbons (Fsp3) is 0.250. The lowest BCUT2D eigenvalue weighted by atomic mass is 10.1. The van der Waals surface area contributed by atoms with Gasteiger partial charge in [-0.1, -0.05) is 31.4 Å². The van der Waals surface area contributed by atoms with Gasteiger partial charge in [0.05, 0.1) is 5.57 Å². The van der Waals surface area contributed by atoms with E-state index in [-0.39, 0.29) is 5.91 Å². The zero-order valence-corrected chi connectivity index (χ0v) is 11.8. The van der Waals surface area contributed by atoms with E-state index in [9.17, 15) is 4.79 Å². The van der Waals surface area contributed by atoms with Crippen LogP contribution in [-0.2, 0) is 9.53 Å². The molecule has 0 unspecified atom stereocenters. The first-order chi connectivity index (χ1) is 9.51. The van der Waals surface area contributed by atoms with Crippen LogP contribution in [0, 0.1) is 0 Å². The Morgan fingerprint density at radius 3 is 2.80 bits per heavy atom. The highest BCUT2D eigenvalue weighted by molar-refractivity contribution is 5.99. The van der Waals surface area contributed by atoms with Crippen LogP contribution in [0.2, 0.25) is 0 Å². The van der Waals surface area contributed by atoms with Gasteiger partial charge in [0, 0.05) is 12.6 Å². The highest BCUT2D eigenvalue weighted by Gasteiger charge is 2.41. The Morgan fingerprint density at radius 1 is 1.40 bits per heavy atom. The zero-order valence-electron chi connectivity index (χ0n) is 11.8. The molecule has 0 aliphatic carbocycles. The maximum atomic E-state index is 12.7. The van der Waals surface area contributed by atoms with Crippen LogP contribution in [0.5, 0.6) is 0 Å². The Balaban J connectivity index is 2.53. The van der Waals surface area contributed by atoms with Gasteiger partial charge in [-0.25, -0.2) is 4.99 Å². The van der Waals surface area contributed by atoms with E-state index in [0.717, 1.165) is 6.42 Å². The summed E-state index contributed by atoms with van der Waals surface area (Å²) in [7, 11) is 0. The molecule has 0 aromatic carbocycles. The maximum Gasteiger partial charge on any atom is 0.266 e. The van der Waals surface area contributed by atoms with Crippen LogP contribution in [0.3, 0.4) is 0 Å². The molecule has 4 nitrogen and oxygen atoms in total. The Kier molecular flexibility index (Phi) is 3.74. The van der Waals surface area contributed by atoms with Crippen molar-refractivity contribution in [3.63, 3.8) is 0 Å². The van der Waals surface area contributed by atoms with Crippen molar-refractivity contribution in [2.75, 3.05) is 0 Å². The number of carbonyl (C=O) groups is 1. The predicted molar refractivity (Wildman–Crippen MR) is 79.8 cm³/mol. The third kappa shape index (κ3) is 2.37. The van der Waals surface area contributed by atoms with E-state index in [4.69, 9.17) is 4.74 Å². The summed E-state index contributed by atoms with van der Waals surface area (Å²) in [5, 5.41) is 0. The monoisotopic (exact) mass is 270 g/mol. The Hall–Kier alpha value is -2.36. The van der Waals surface area contributed by atoms with Crippen molar-refractivity contribution in [1.82, 2.24) is 4.90 Å². The van der Waals surface area contributed by atoms with Crippen molar-refractivity contribution in [2.24, 2.45) is 4.99 Å². The lowest BCUT2D eigenvalue weighted by Gasteiger charge is -2.42. The van der Waals surface area contributed by atoms with Crippen molar-refractivity contribution < 1.29 is 9.53 Å². The van der Waals surface area contributed by atoms with Gasteiger partial charge in [-0.15, -0.1) is 0 Å². The summed E-state index contributed by atoms with van der Waals surface area (Å²) in [5.74, 6) is 0.807. The number of nitrogens with zero attached hydrogens (tertiary/aromatic N) is 2. The van der Waals surface area contributed by atoms with Gasteiger partial charge in [-0.2, -0.15) is 0 Å². The van der Waals surface area contributed by atoms with Gasteiger partial charge in [0.2, 0.25) is 0 Å². The summed E-state index contributed by atoms with van der Waals surface area (Å²) in [4.78, 5) is 18.5. The summed E-state index contributed by atoms with van der Waals surface area (Å²) in [6.45, 7) is 11.0. The molecule has 2 rings (SSSR count). The fourth-order valence-corrected chi connectivity index (χ4v) is 2.17. The van der Waals surface area contributed by atoms with Crippen molar-refractivity contribution >= 4 is 12.1 Å². The van der Waals surface area contributed by atoms with Gasteiger partial charge < -0.3 is 4.74 Å². The Morgan fingerprint density at radius 2 is 2.15 bits per heavy atom. The molecular weight excluding hydrogens is 252 g/mol. The number of ether oxygens (including phenoxy) is 1. The van der Waals surface area contributed by atoms with E-state index < -0.39 is 5.72 Å². The second-order valence-electron chi connectivity index (χ2n) is 4.88. The number of allylic oxidation sites excluding steroid dienone is 4. The zero-order chi connectivity index (χ0) is 14.8. The SMILES string of the molecule is C=CC1=C(C=C)C(=O)N(C2=CC=CCC=N2)C(C)(C)O1. The number of hydrogen-bond donors (Lipinski definition) is 0. The van der Waals surface area contributed by atoms with Gasteiger partial charge in [-0.3, -0.25) is 9.69 Å². The van der Waals surface area contributed by atoms with E-state index in [0.29, 0.717) is 17.2 Å². The number of amides is 1. The highest BCUT2D eigenvalue weighted by Crippen LogP contribution is 2.34. The molecular formula is C16H18N2O2. The van der Waals surface area contributed by atoms with Crippen molar-refractivity contribution in [3.05, 3.63) is 60.7 Å². The molecule has 0 N–H and O–H groups in total. The van der Waals surface area contributed by atoms with Gasteiger partial charge in [0.15, 0.2) is 5.72 Å². The molecule has 0 saturated heterocycles. The summed E-state index contributed by atoms with van der Waals surface area (Å²) in [5.41, 5.74) is -0.447. The molecule has 0 aromatic rings. The first-order valence-corrected chi connectivity index (χ1v) is 6.43. The second kappa shape index (κ2) is 5.33. The Labute approximate surface area is 119 Å². The van der Waals surface area contributed by atoms with Crippen molar-refractivity contribution in [2.45, 2.75) is 26.0 Å². The largest absolute Gasteiger partial charge is 0.467 e. The van der Waals surface area contributed by atoms with Crippen LogP contribution in [0.25, 0.3) is 0 Å². The van der Waals surface area contributed by atoms with Crippen LogP contribution in [-0.4, -0.2) is 22.7 Å². The molecule has 0 spiro atoms. The highest BCUT2D eigenvalue weighted by atomic mass is 16.5. The van der Waals surface area contributed by atoms with Crippen molar-refractivity contribution in [1.29, 1.82) is 0 Å². The molecule has 104 valence electrons. The normalized spacial score (nSPS) is 21.2. The smallest absolute Gasteiger partial charge is 0.266 e. The molecule has 0 bridgehead atoms. The van der Waals surface area contributed by atoms with Gasteiger partial charge >= 0.3 is 0 Å². The molecule has 1 amide bonds. The summed E-state index contributed by atoms with van der Waals surface area (Å²) in [6, 6.07) is 0. The predicted octanol–water partition coefficient (Wildman–Crippen LogP) is 3.08. The molecule has 4 heteroatoms. The van der Waals surface area contributed by atoms with Crippen LogP contribution in [0.4, 0.5) is 0 Å². The average molecular weight is 270 g/mol. The van der Waals surface area contributed by atoms with E-state index in [1.807, 2.05) is 26.0 Å². The molecule has 0 radical (unpaired) electrons. The fourth-order valence-electron chi connectivity index (χ4n) is 2.17. The lowest BCUT2D eigenvalue weighted by molar-refractivity contribution is -0.152. The summed E-state index contributed by atoms with van der Waals surface area (Å²) in [6.07, 6.45) is 11.2. The van der Waals surface area contributed by atoms with Gasteiger partial charge in [0.1, 0.15) is 11.6 Å². The molecule has 2 aliphatic rings. The first kappa shape index (κ1) is 14.1. The number of hydrogen-bond acceptors (Lipinski definition) is 3. The Bertz CT molecular complexity index is 577. The minimum Gasteiger partial charge on any atom is -0.467 e. The lowest BCUT2D eigenvalue weighted by Crippen LogP contribution is -2.52. The van der Waals surface area contributed by atoms with Crippen LogP contribution in [0.1, 0.15) is 20.3 Å². The molecule has 20 heavy (non-hydrogen) atoms. The maximum absolute atomic E-state index is 12.7. The van der Waals surface area contributed by atoms with Crippen LogP contribution < -0.4 is 0 Å². The summed E-state index contributed by atoms with van der Waals surface area (Å²) >= 11 is 0. The standard InChI is InChI=1S/C16H18N2O2/c1-5-12-13(6-2)20-16(3,4)18(15(12)19)14-10-8-7-9-11-17-14/h5-8,10-11H,1-2,9H2,3-4H3. The van der Waals surface area contributed by atoms with E-state index in [1.165, 1.54) is 17.1 Å². The third-order valence-electron chi connectivity index (χ3n) is 3.06. The topological polar surface area (TPSA) is 41.9 Å². The average Bonchev–Trinajstić information content (AvgIpc) is 2.66. The third-order valence-corrected chi connectivity index (χ3v) is 3.06. The number of rotatable bonds is 3. The molecule has 2 heterocycles. The van der Waals surface area contributed by atoms with Gasteiger partial charge in [-0.05, 0) is 26.0 Å². The van der Waals surface area contributed by atoms with E-state index in [2.05, 4.69) is 18.2 Å². The van der Waals surface area contributed by atoms with E-state index >= 15 is 0 Å². The molecule has 0 saturated carbocycles. The van der Waals surface area contributed by atoms with E-state index in [1.54, 1.807) is 12.3 Å². The first-order valence-electron chi connectivity index (χ1n) is 6.43. The molecule has 0 aromatic heterocycles.